The van der Waals surface area contributed by atoms with Gasteiger partial charge in [0.15, 0.2) is 24.6 Å². The SMILES string of the molecule is CCS[C@@H]1O[C@H](COCc2ccccc2)[C@@H](O[C@H]2O[C@@H](C)[C@H](OC(C)=O)[C@@H](OCc3ccccc3)[C@H]2OCc2ccccc2)[C@H](OC(=O)c2ccccc2)[C@H]1OC(=O)c1ccccc1. The minimum absolute atomic E-state index is 0.0130. The molecular formula is C51H54O12S. The fourth-order valence-corrected chi connectivity index (χ4v) is 8.57. The van der Waals surface area contributed by atoms with Crippen molar-refractivity contribution < 1.29 is 57.0 Å². The number of hydrogen-bond donors (Lipinski definition) is 0. The van der Waals surface area contributed by atoms with Crippen LogP contribution in [0.2, 0.25) is 0 Å². The van der Waals surface area contributed by atoms with Crippen molar-refractivity contribution in [2.24, 2.45) is 0 Å². The molecule has 0 aromatic heterocycles. The molecule has 2 aliphatic rings. The second-order valence-corrected chi connectivity index (χ2v) is 16.8. The smallest absolute Gasteiger partial charge is 0.338 e. The molecule has 2 fully saturated rings. The number of esters is 3. The van der Waals surface area contributed by atoms with Crippen LogP contribution >= 0.6 is 11.8 Å². The van der Waals surface area contributed by atoms with Crippen LogP contribution in [0, 0.1) is 0 Å². The summed E-state index contributed by atoms with van der Waals surface area (Å²) in [6, 6.07) is 46.0. The van der Waals surface area contributed by atoms with Gasteiger partial charge < -0.3 is 42.6 Å². The first-order chi connectivity index (χ1) is 31.3. The van der Waals surface area contributed by atoms with Gasteiger partial charge in [-0.1, -0.05) is 134 Å². The molecule has 12 nitrogen and oxygen atoms in total. The molecule has 2 saturated heterocycles. The number of benzene rings is 5. The van der Waals surface area contributed by atoms with Crippen LogP contribution in [0.25, 0.3) is 0 Å². The molecule has 7 rings (SSSR count). The van der Waals surface area contributed by atoms with E-state index in [1.54, 1.807) is 67.6 Å². The Labute approximate surface area is 378 Å². The highest BCUT2D eigenvalue weighted by atomic mass is 32.2. The molecule has 0 amide bonds. The molecule has 64 heavy (non-hydrogen) atoms. The van der Waals surface area contributed by atoms with Gasteiger partial charge in [0.25, 0.3) is 0 Å². The summed E-state index contributed by atoms with van der Waals surface area (Å²) in [5, 5.41) is 0. The number of carbonyl (C=O) groups is 3. The van der Waals surface area contributed by atoms with Crippen molar-refractivity contribution in [3.05, 3.63) is 179 Å². The second kappa shape index (κ2) is 23.5. The normalized spacial score (nSPS) is 25.5. The first kappa shape index (κ1) is 46.6. The molecule has 336 valence electrons. The number of carbonyl (C=O) groups excluding carboxylic acids is 3. The summed E-state index contributed by atoms with van der Waals surface area (Å²) in [5.74, 6) is -1.26. The lowest BCUT2D eigenvalue weighted by Gasteiger charge is -2.49. The summed E-state index contributed by atoms with van der Waals surface area (Å²) in [5.41, 5.74) is 2.45. The van der Waals surface area contributed by atoms with Crippen LogP contribution in [-0.4, -0.2) is 90.8 Å². The van der Waals surface area contributed by atoms with Crippen LogP contribution in [0.1, 0.15) is 58.2 Å². The average Bonchev–Trinajstić information content (AvgIpc) is 3.32. The predicted octanol–water partition coefficient (Wildman–Crippen LogP) is 8.36. The summed E-state index contributed by atoms with van der Waals surface area (Å²) < 4.78 is 59.0. The van der Waals surface area contributed by atoms with Gasteiger partial charge in [-0.15, -0.1) is 11.8 Å². The fourth-order valence-electron chi connectivity index (χ4n) is 7.62. The van der Waals surface area contributed by atoms with Gasteiger partial charge >= 0.3 is 17.9 Å². The number of rotatable bonds is 19. The third kappa shape index (κ3) is 12.7. The first-order valence-corrected chi connectivity index (χ1v) is 22.5. The second-order valence-electron chi connectivity index (χ2n) is 15.4. The highest BCUT2D eigenvalue weighted by molar-refractivity contribution is 7.99. The van der Waals surface area contributed by atoms with E-state index in [1.807, 2.05) is 97.9 Å². The molecule has 13 heteroatoms. The van der Waals surface area contributed by atoms with Gasteiger partial charge in [0.2, 0.25) is 0 Å². The lowest BCUT2D eigenvalue weighted by Crippen LogP contribution is -2.65. The molecule has 0 bridgehead atoms. The quantitative estimate of drug-likeness (QED) is 0.0581. The molecule has 0 radical (unpaired) electrons. The Balaban J connectivity index is 1.29. The van der Waals surface area contributed by atoms with E-state index in [4.69, 9.17) is 42.6 Å². The summed E-state index contributed by atoms with van der Waals surface area (Å²) in [7, 11) is 0. The minimum atomic E-state index is -1.27. The molecule has 5 aromatic carbocycles. The molecule has 10 atom stereocenters. The van der Waals surface area contributed by atoms with Crippen LogP contribution in [0.5, 0.6) is 0 Å². The Morgan fingerprint density at radius 1 is 0.531 bits per heavy atom. The molecule has 0 unspecified atom stereocenters. The van der Waals surface area contributed by atoms with Gasteiger partial charge in [0.1, 0.15) is 29.9 Å². The van der Waals surface area contributed by atoms with E-state index in [0.29, 0.717) is 11.3 Å². The lowest BCUT2D eigenvalue weighted by molar-refractivity contribution is -0.346. The van der Waals surface area contributed by atoms with Crippen LogP contribution in [-0.2, 0) is 67.2 Å². The maximum Gasteiger partial charge on any atom is 0.338 e. The lowest BCUT2D eigenvalue weighted by atomic mass is 9.96. The molecular weight excluding hydrogens is 837 g/mol. The third-order valence-corrected chi connectivity index (χ3v) is 11.8. The Morgan fingerprint density at radius 2 is 1.00 bits per heavy atom. The van der Waals surface area contributed by atoms with Crippen molar-refractivity contribution in [2.75, 3.05) is 12.4 Å². The molecule has 5 aromatic rings. The number of thioether (sulfide) groups is 1. The van der Waals surface area contributed by atoms with Crippen LogP contribution in [0.15, 0.2) is 152 Å². The van der Waals surface area contributed by atoms with Gasteiger partial charge in [-0.3, -0.25) is 4.79 Å². The van der Waals surface area contributed by atoms with E-state index >= 15 is 0 Å². The summed E-state index contributed by atoms with van der Waals surface area (Å²) in [4.78, 5) is 40.8. The highest BCUT2D eigenvalue weighted by Crippen LogP contribution is 2.38. The average molecular weight is 891 g/mol. The minimum Gasteiger partial charge on any atom is -0.457 e. The van der Waals surface area contributed by atoms with Crippen molar-refractivity contribution in [1.82, 2.24) is 0 Å². The number of ether oxygens (including phenoxy) is 9. The fraction of sp³-hybridized carbons (Fsp3) is 0.353. The Kier molecular flexibility index (Phi) is 17.1. The molecule has 0 aliphatic carbocycles. The zero-order chi connectivity index (χ0) is 44.7. The summed E-state index contributed by atoms with van der Waals surface area (Å²) in [6.45, 7) is 5.56. The Morgan fingerprint density at radius 3 is 1.50 bits per heavy atom. The molecule has 0 saturated carbocycles. The van der Waals surface area contributed by atoms with Crippen molar-refractivity contribution in [3.8, 4) is 0 Å². The summed E-state index contributed by atoms with van der Waals surface area (Å²) in [6.07, 6.45) is -9.42. The first-order valence-electron chi connectivity index (χ1n) is 21.5. The van der Waals surface area contributed by atoms with Gasteiger partial charge in [-0.25, -0.2) is 9.59 Å². The molecule has 2 aliphatic heterocycles. The van der Waals surface area contributed by atoms with E-state index < -0.39 is 78.5 Å². The number of hydrogen-bond acceptors (Lipinski definition) is 13. The van der Waals surface area contributed by atoms with E-state index in [2.05, 4.69) is 0 Å². The molecule has 0 spiro atoms. The Bertz CT molecular complexity index is 2180. The van der Waals surface area contributed by atoms with Gasteiger partial charge in [0.05, 0.1) is 43.7 Å². The van der Waals surface area contributed by atoms with E-state index in [9.17, 15) is 14.4 Å². The van der Waals surface area contributed by atoms with E-state index in [0.717, 1.165) is 16.7 Å². The van der Waals surface area contributed by atoms with Gasteiger partial charge in [-0.2, -0.15) is 0 Å². The maximum atomic E-state index is 14.2. The van der Waals surface area contributed by atoms with E-state index in [1.165, 1.54) is 18.7 Å². The third-order valence-electron chi connectivity index (χ3n) is 10.7. The van der Waals surface area contributed by atoms with Crippen molar-refractivity contribution >= 4 is 29.7 Å². The molecule has 0 N–H and O–H groups in total. The van der Waals surface area contributed by atoms with Crippen molar-refractivity contribution in [3.63, 3.8) is 0 Å². The van der Waals surface area contributed by atoms with Crippen molar-refractivity contribution in [1.29, 1.82) is 0 Å². The van der Waals surface area contributed by atoms with Crippen molar-refractivity contribution in [2.45, 2.75) is 101 Å². The maximum absolute atomic E-state index is 14.2. The van der Waals surface area contributed by atoms with Crippen LogP contribution in [0.3, 0.4) is 0 Å². The van der Waals surface area contributed by atoms with Crippen LogP contribution < -0.4 is 0 Å². The monoisotopic (exact) mass is 890 g/mol. The van der Waals surface area contributed by atoms with Crippen LogP contribution in [0.4, 0.5) is 0 Å². The Hall–Kier alpha value is -5.38. The summed E-state index contributed by atoms with van der Waals surface area (Å²) >= 11 is 1.40. The molecule has 2 heterocycles. The standard InChI is InChI=1S/C51H54O12S/c1-4-64-51-47(62-49(54)40-28-18-9-19-29-40)45(61-48(53)39-26-16-8-17-27-39)43(41(60-51)33-55-30-36-20-10-5-11-21-36)63-50-46(57-32-38-24-14-7-15-25-38)44(42(34(2)58-50)59-35(3)52)56-31-37-22-12-6-13-23-37/h5-29,34,41-47,50-51H,4,30-33H2,1-3H3/t34-,41+,42-,43+,44+,45-,46+,47+,50+,51-/m0/s1. The largest absolute Gasteiger partial charge is 0.457 e. The van der Waals surface area contributed by atoms with Gasteiger partial charge in [-0.05, 0) is 53.6 Å². The zero-order valence-corrected chi connectivity index (χ0v) is 36.9. The van der Waals surface area contributed by atoms with Gasteiger partial charge in [0, 0.05) is 6.92 Å². The predicted molar refractivity (Wildman–Crippen MR) is 239 cm³/mol. The topological polar surface area (TPSA) is 134 Å². The van der Waals surface area contributed by atoms with E-state index in [-0.39, 0.29) is 32.0 Å². The zero-order valence-electron chi connectivity index (χ0n) is 36.1. The highest BCUT2D eigenvalue weighted by Gasteiger charge is 2.55.